The Morgan fingerprint density at radius 3 is 2.17 bits per heavy atom. The fourth-order valence-electron chi connectivity index (χ4n) is 4.77. The third-order valence-corrected chi connectivity index (χ3v) is 6.49. The number of hydrogen-bond acceptors (Lipinski definition) is 2. The first-order chi connectivity index (χ1) is 11.6. The van der Waals surface area contributed by atoms with E-state index in [2.05, 4.69) is 17.1 Å². The SMILES string of the molecule is C[C@@]1(CNC(=O)C2CCCCC2)CCN(C(=O)C2CCCCC2)C1. The average Bonchev–Trinajstić information content (AvgIpc) is 3.03. The van der Waals surface area contributed by atoms with Crippen LogP contribution in [-0.4, -0.2) is 36.3 Å². The lowest BCUT2D eigenvalue weighted by molar-refractivity contribution is -0.135. The van der Waals surface area contributed by atoms with Gasteiger partial charge in [-0.05, 0) is 32.1 Å². The molecule has 1 heterocycles. The number of nitrogens with one attached hydrogen (secondary N) is 1. The number of carbonyl (C=O) groups is 2. The molecule has 0 aromatic heterocycles. The van der Waals surface area contributed by atoms with Crippen LogP contribution in [0.3, 0.4) is 0 Å². The zero-order valence-electron chi connectivity index (χ0n) is 15.3. The quantitative estimate of drug-likeness (QED) is 0.855. The van der Waals surface area contributed by atoms with Gasteiger partial charge >= 0.3 is 0 Å². The van der Waals surface area contributed by atoms with Crippen molar-refractivity contribution in [3.05, 3.63) is 0 Å². The number of amides is 2. The van der Waals surface area contributed by atoms with E-state index >= 15 is 0 Å². The monoisotopic (exact) mass is 334 g/mol. The van der Waals surface area contributed by atoms with E-state index in [0.29, 0.717) is 5.91 Å². The number of rotatable bonds is 4. The molecular weight excluding hydrogens is 300 g/mol. The Morgan fingerprint density at radius 1 is 0.958 bits per heavy atom. The molecule has 3 rings (SSSR count). The lowest BCUT2D eigenvalue weighted by atomic mass is 9.86. The molecule has 1 atom stereocenters. The van der Waals surface area contributed by atoms with E-state index in [4.69, 9.17) is 0 Å². The molecule has 3 fully saturated rings. The first kappa shape index (κ1) is 17.8. The second kappa shape index (κ2) is 7.88. The van der Waals surface area contributed by atoms with Gasteiger partial charge in [0.05, 0.1) is 0 Å². The van der Waals surface area contributed by atoms with Crippen molar-refractivity contribution in [2.24, 2.45) is 17.3 Å². The Balaban J connectivity index is 1.46. The van der Waals surface area contributed by atoms with Gasteiger partial charge in [0.15, 0.2) is 0 Å². The molecule has 0 radical (unpaired) electrons. The van der Waals surface area contributed by atoms with E-state index in [-0.39, 0.29) is 23.2 Å². The molecule has 2 saturated carbocycles. The summed E-state index contributed by atoms with van der Waals surface area (Å²) in [6, 6.07) is 0. The third kappa shape index (κ3) is 4.31. The summed E-state index contributed by atoms with van der Waals surface area (Å²) in [5.41, 5.74) is 0.0503. The predicted molar refractivity (Wildman–Crippen MR) is 95.5 cm³/mol. The molecule has 0 aromatic rings. The highest BCUT2D eigenvalue weighted by molar-refractivity contribution is 5.80. The van der Waals surface area contributed by atoms with E-state index in [1.807, 2.05) is 0 Å². The second-order valence-electron chi connectivity index (χ2n) is 8.71. The minimum atomic E-state index is 0.0503. The van der Waals surface area contributed by atoms with Gasteiger partial charge < -0.3 is 10.2 Å². The van der Waals surface area contributed by atoms with E-state index in [0.717, 1.165) is 51.7 Å². The van der Waals surface area contributed by atoms with Crippen molar-refractivity contribution in [2.75, 3.05) is 19.6 Å². The van der Waals surface area contributed by atoms with Crippen molar-refractivity contribution >= 4 is 11.8 Å². The van der Waals surface area contributed by atoms with Crippen LogP contribution in [0.15, 0.2) is 0 Å². The summed E-state index contributed by atoms with van der Waals surface area (Å²) < 4.78 is 0. The maximum absolute atomic E-state index is 12.7. The van der Waals surface area contributed by atoms with Crippen LogP contribution in [0, 0.1) is 17.3 Å². The number of carbonyl (C=O) groups excluding carboxylic acids is 2. The van der Waals surface area contributed by atoms with Crippen LogP contribution in [0.4, 0.5) is 0 Å². The molecule has 0 bridgehead atoms. The number of likely N-dealkylation sites (tertiary alicyclic amines) is 1. The predicted octanol–water partition coefficient (Wildman–Crippen LogP) is 3.50. The van der Waals surface area contributed by atoms with E-state index in [9.17, 15) is 9.59 Å². The average molecular weight is 335 g/mol. The summed E-state index contributed by atoms with van der Waals surface area (Å²) >= 11 is 0. The summed E-state index contributed by atoms with van der Waals surface area (Å²) in [6.45, 7) is 4.62. The lowest BCUT2D eigenvalue weighted by Crippen LogP contribution is -2.42. The van der Waals surface area contributed by atoms with E-state index < -0.39 is 0 Å². The Morgan fingerprint density at radius 2 is 1.54 bits per heavy atom. The summed E-state index contributed by atoms with van der Waals surface area (Å²) in [5, 5.41) is 3.20. The highest BCUT2D eigenvalue weighted by Crippen LogP contribution is 2.33. The van der Waals surface area contributed by atoms with Gasteiger partial charge in [-0.15, -0.1) is 0 Å². The maximum atomic E-state index is 12.7. The van der Waals surface area contributed by atoms with Crippen molar-refractivity contribution < 1.29 is 9.59 Å². The van der Waals surface area contributed by atoms with Crippen molar-refractivity contribution in [1.82, 2.24) is 10.2 Å². The molecule has 0 unspecified atom stereocenters. The molecule has 24 heavy (non-hydrogen) atoms. The Bertz CT molecular complexity index is 453. The first-order valence-electron chi connectivity index (χ1n) is 10.1. The van der Waals surface area contributed by atoms with Crippen LogP contribution in [0.5, 0.6) is 0 Å². The summed E-state index contributed by atoms with van der Waals surface area (Å²) in [5.74, 6) is 1.10. The highest BCUT2D eigenvalue weighted by atomic mass is 16.2. The van der Waals surface area contributed by atoms with Gasteiger partial charge in [-0.3, -0.25) is 9.59 Å². The van der Waals surface area contributed by atoms with Crippen LogP contribution >= 0.6 is 0 Å². The Hall–Kier alpha value is -1.06. The molecule has 4 nitrogen and oxygen atoms in total. The van der Waals surface area contributed by atoms with E-state index in [1.54, 1.807) is 0 Å². The maximum Gasteiger partial charge on any atom is 0.225 e. The minimum absolute atomic E-state index is 0.0503. The van der Waals surface area contributed by atoms with Gasteiger partial charge in [0, 0.05) is 36.9 Å². The van der Waals surface area contributed by atoms with Gasteiger partial charge in [-0.25, -0.2) is 0 Å². The summed E-state index contributed by atoms with van der Waals surface area (Å²) in [4.78, 5) is 27.2. The van der Waals surface area contributed by atoms with Gasteiger partial charge in [0.2, 0.25) is 11.8 Å². The van der Waals surface area contributed by atoms with Gasteiger partial charge in [-0.1, -0.05) is 45.4 Å². The van der Waals surface area contributed by atoms with Gasteiger partial charge in [0.25, 0.3) is 0 Å². The summed E-state index contributed by atoms with van der Waals surface area (Å²) in [6.07, 6.45) is 12.6. The van der Waals surface area contributed by atoms with Crippen molar-refractivity contribution in [3.63, 3.8) is 0 Å². The third-order valence-electron chi connectivity index (χ3n) is 6.49. The van der Waals surface area contributed by atoms with E-state index in [1.165, 1.54) is 38.5 Å². The minimum Gasteiger partial charge on any atom is -0.355 e. The fourth-order valence-corrected chi connectivity index (χ4v) is 4.77. The zero-order valence-corrected chi connectivity index (χ0v) is 15.3. The fraction of sp³-hybridized carbons (Fsp3) is 0.900. The van der Waals surface area contributed by atoms with Gasteiger partial charge in [0.1, 0.15) is 0 Å². The normalized spacial score (nSPS) is 29.6. The smallest absolute Gasteiger partial charge is 0.225 e. The largest absolute Gasteiger partial charge is 0.355 e. The molecule has 1 N–H and O–H groups in total. The molecule has 0 aromatic carbocycles. The highest BCUT2D eigenvalue weighted by Gasteiger charge is 2.38. The molecule has 2 aliphatic carbocycles. The Labute approximate surface area is 146 Å². The van der Waals surface area contributed by atoms with Crippen LogP contribution < -0.4 is 5.32 Å². The molecule has 1 aliphatic heterocycles. The standard InChI is InChI=1S/C20H34N2O2/c1-20(14-21-18(23)16-8-4-2-5-9-16)12-13-22(15-20)19(24)17-10-6-3-7-11-17/h16-17H,2-15H2,1H3,(H,21,23)/t20-/m0/s1. The summed E-state index contributed by atoms with van der Waals surface area (Å²) in [7, 11) is 0. The van der Waals surface area contributed by atoms with Crippen LogP contribution in [0.25, 0.3) is 0 Å². The molecule has 0 spiro atoms. The Kier molecular flexibility index (Phi) is 5.83. The molecule has 1 saturated heterocycles. The topological polar surface area (TPSA) is 49.4 Å². The molecular formula is C20H34N2O2. The zero-order chi connectivity index (χ0) is 17.0. The molecule has 4 heteroatoms. The van der Waals surface area contributed by atoms with Crippen molar-refractivity contribution in [3.8, 4) is 0 Å². The van der Waals surface area contributed by atoms with Gasteiger partial charge in [-0.2, -0.15) is 0 Å². The number of nitrogens with zero attached hydrogens (tertiary/aromatic N) is 1. The molecule has 2 amide bonds. The van der Waals surface area contributed by atoms with Crippen LogP contribution in [0.2, 0.25) is 0 Å². The van der Waals surface area contributed by atoms with Crippen molar-refractivity contribution in [2.45, 2.75) is 77.6 Å². The van der Waals surface area contributed by atoms with Crippen molar-refractivity contribution in [1.29, 1.82) is 0 Å². The molecule has 3 aliphatic rings. The number of hydrogen-bond donors (Lipinski definition) is 1. The first-order valence-corrected chi connectivity index (χ1v) is 10.1. The van der Waals surface area contributed by atoms with Crippen LogP contribution in [0.1, 0.15) is 77.6 Å². The lowest BCUT2D eigenvalue weighted by Gasteiger charge is -2.29. The second-order valence-corrected chi connectivity index (χ2v) is 8.71. The molecule has 136 valence electrons. The van der Waals surface area contributed by atoms with Crippen LogP contribution in [-0.2, 0) is 9.59 Å².